The van der Waals surface area contributed by atoms with E-state index in [4.69, 9.17) is 37.1 Å². The highest BCUT2D eigenvalue weighted by molar-refractivity contribution is 6.30. The Kier molecular flexibility index (Phi) is 9.63. The van der Waals surface area contributed by atoms with Crippen molar-refractivity contribution in [2.75, 3.05) is 13.1 Å². The fraction of sp³-hybridized carbons (Fsp3) is 0.267. The van der Waals surface area contributed by atoms with Gasteiger partial charge in [-0.1, -0.05) is 37.0 Å². The van der Waals surface area contributed by atoms with Gasteiger partial charge < -0.3 is 13.9 Å². The van der Waals surface area contributed by atoms with Crippen LogP contribution in [-0.4, -0.2) is 24.0 Å². The lowest BCUT2D eigenvalue weighted by Gasteiger charge is -2.23. The van der Waals surface area contributed by atoms with Crippen LogP contribution in [0.4, 0.5) is 13.2 Å². The summed E-state index contributed by atoms with van der Waals surface area (Å²) < 4.78 is 59.3. The normalized spacial score (nSPS) is 11.7. The lowest BCUT2D eigenvalue weighted by atomic mass is 10.1. The van der Waals surface area contributed by atoms with Crippen molar-refractivity contribution in [3.05, 3.63) is 97.8 Å². The molecule has 4 aromatic rings. The first-order valence-corrected chi connectivity index (χ1v) is 13.6. The standard InChI is InChI=1S/C30H26Cl2F3NO5/c1-3-15-36(16-4-2)17-23-24(40-29(38)18-5-7-19(31)8-6-18)14-13-22-25(37)27(28(30(33,34)35)41-26(22)23)39-21-11-9-20(32)10-12-21/h5-14H,3-4,15-17H2,1-2H3. The molecule has 1 heterocycles. The fourth-order valence-electron chi connectivity index (χ4n) is 4.29. The molecule has 11 heteroatoms. The van der Waals surface area contributed by atoms with E-state index in [1.54, 1.807) is 0 Å². The quantitative estimate of drug-likeness (QED) is 0.133. The molecule has 0 radical (unpaired) electrons. The Labute approximate surface area is 244 Å². The van der Waals surface area contributed by atoms with E-state index in [1.807, 2.05) is 18.7 Å². The fourth-order valence-corrected chi connectivity index (χ4v) is 4.55. The van der Waals surface area contributed by atoms with Gasteiger partial charge in [-0.2, -0.15) is 13.2 Å². The van der Waals surface area contributed by atoms with Gasteiger partial charge in [-0.05, 0) is 86.6 Å². The van der Waals surface area contributed by atoms with Crippen molar-refractivity contribution in [1.29, 1.82) is 0 Å². The Balaban J connectivity index is 1.90. The number of hydrogen-bond acceptors (Lipinski definition) is 6. The molecule has 0 spiro atoms. The van der Waals surface area contributed by atoms with Crippen molar-refractivity contribution in [1.82, 2.24) is 4.90 Å². The van der Waals surface area contributed by atoms with E-state index in [2.05, 4.69) is 0 Å². The highest BCUT2D eigenvalue weighted by atomic mass is 35.5. The monoisotopic (exact) mass is 607 g/mol. The molecule has 6 nitrogen and oxygen atoms in total. The van der Waals surface area contributed by atoms with E-state index in [-0.39, 0.29) is 40.1 Å². The number of hydrogen-bond donors (Lipinski definition) is 0. The van der Waals surface area contributed by atoms with Crippen LogP contribution in [0.15, 0.2) is 69.9 Å². The maximum Gasteiger partial charge on any atom is 0.453 e. The maximum atomic E-state index is 14.3. The molecule has 0 saturated carbocycles. The van der Waals surface area contributed by atoms with Crippen molar-refractivity contribution in [3.8, 4) is 17.2 Å². The predicted octanol–water partition coefficient (Wildman–Crippen LogP) is 8.75. The average Bonchev–Trinajstić information content (AvgIpc) is 2.92. The van der Waals surface area contributed by atoms with Gasteiger partial charge in [0.25, 0.3) is 5.76 Å². The molecule has 3 aromatic carbocycles. The minimum Gasteiger partial charge on any atom is -0.449 e. The van der Waals surface area contributed by atoms with Crippen LogP contribution < -0.4 is 14.9 Å². The molecule has 0 saturated heterocycles. The van der Waals surface area contributed by atoms with Crippen LogP contribution in [-0.2, 0) is 12.7 Å². The molecular formula is C30H26Cl2F3NO5. The van der Waals surface area contributed by atoms with Crippen molar-refractivity contribution < 1.29 is 31.9 Å². The molecule has 4 rings (SSSR count). The molecule has 0 atom stereocenters. The van der Waals surface area contributed by atoms with Gasteiger partial charge in [0.15, 0.2) is 0 Å². The molecule has 0 amide bonds. The molecule has 0 fully saturated rings. The van der Waals surface area contributed by atoms with Crippen molar-refractivity contribution in [2.24, 2.45) is 0 Å². The van der Waals surface area contributed by atoms with Crippen molar-refractivity contribution in [2.45, 2.75) is 39.4 Å². The first kappa shape index (κ1) is 30.4. The summed E-state index contributed by atoms with van der Waals surface area (Å²) in [6.07, 6.45) is -3.54. The number of esters is 1. The zero-order chi connectivity index (χ0) is 29.7. The van der Waals surface area contributed by atoms with Crippen LogP contribution in [0.25, 0.3) is 11.0 Å². The number of ether oxygens (including phenoxy) is 2. The van der Waals surface area contributed by atoms with Crippen LogP contribution in [0, 0.1) is 0 Å². The summed E-state index contributed by atoms with van der Waals surface area (Å²) in [6.45, 7) is 5.23. The first-order valence-electron chi connectivity index (χ1n) is 12.8. The van der Waals surface area contributed by atoms with E-state index >= 15 is 0 Å². The second kappa shape index (κ2) is 13.0. The average molecular weight is 608 g/mol. The minimum absolute atomic E-state index is 0.0302. The largest absolute Gasteiger partial charge is 0.453 e. The summed E-state index contributed by atoms with van der Waals surface area (Å²) in [4.78, 5) is 28.4. The number of rotatable bonds is 10. The van der Waals surface area contributed by atoms with Crippen LogP contribution >= 0.6 is 23.2 Å². The number of nitrogens with zero attached hydrogens (tertiary/aromatic N) is 1. The molecule has 216 valence electrons. The van der Waals surface area contributed by atoms with Gasteiger partial charge in [0.2, 0.25) is 11.2 Å². The van der Waals surface area contributed by atoms with E-state index in [1.165, 1.54) is 60.7 Å². The molecule has 1 aromatic heterocycles. The third-order valence-electron chi connectivity index (χ3n) is 6.11. The van der Waals surface area contributed by atoms with Gasteiger partial charge in [0.05, 0.1) is 16.5 Å². The molecule has 0 unspecified atom stereocenters. The van der Waals surface area contributed by atoms with Gasteiger partial charge >= 0.3 is 12.1 Å². The van der Waals surface area contributed by atoms with E-state index in [9.17, 15) is 22.8 Å². The molecule has 0 aliphatic heterocycles. The Hall–Kier alpha value is -3.53. The summed E-state index contributed by atoms with van der Waals surface area (Å²) in [7, 11) is 0. The Morgan fingerprint density at radius 2 is 1.49 bits per heavy atom. The van der Waals surface area contributed by atoms with Crippen LogP contribution in [0.5, 0.6) is 17.2 Å². The summed E-state index contributed by atoms with van der Waals surface area (Å²) >= 11 is 11.8. The van der Waals surface area contributed by atoms with Gasteiger partial charge in [-0.15, -0.1) is 0 Å². The third-order valence-corrected chi connectivity index (χ3v) is 6.62. The maximum absolute atomic E-state index is 14.3. The molecule has 0 aliphatic carbocycles. The smallest absolute Gasteiger partial charge is 0.449 e. The zero-order valence-electron chi connectivity index (χ0n) is 22.2. The van der Waals surface area contributed by atoms with Crippen molar-refractivity contribution in [3.63, 3.8) is 0 Å². The third kappa shape index (κ3) is 7.22. The number of carbonyl (C=O) groups excluding carboxylic acids is 1. The minimum atomic E-state index is -5.07. The van der Waals surface area contributed by atoms with Crippen LogP contribution in [0.1, 0.15) is 48.4 Å². The van der Waals surface area contributed by atoms with E-state index < -0.39 is 29.1 Å². The van der Waals surface area contributed by atoms with Gasteiger partial charge in [-0.25, -0.2) is 4.79 Å². The lowest BCUT2D eigenvalue weighted by Crippen LogP contribution is -2.26. The lowest BCUT2D eigenvalue weighted by molar-refractivity contribution is -0.154. The highest BCUT2D eigenvalue weighted by Crippen LogP contribution is 2.40. The molecule has 41 heavy (non-hydrogen) atoms. The zero-order valence-corrected chi connectivity index (χ0v) is 23.7. The van der Waals surface area contributed by atoms with Crippen molar-refractivity contribution >= 4 is 40.1 Å². The Morgan fingerprint density at radius 3 is 2.05 bits per heavy atom. The molecule has 0 N–H and O–H groups in total. The number of fused-ring (bicyclic) bond motifs is 1. The molecular weight excluding hydrogens is 582 g/mol. The SMILES string of the molecule is CCCN(CCC)Cc1c(OC(=O)c2ccc(Cl)cc2)ccc2c(=O)c(Oc3ccc(Cl)cc3)c(C(F)(F)F)oc12. The van der Waals surface area contributed by atoms with Crippen LogP contribution in [0.3, 0.4) is 0 Å². The molecule has 0 aliphatic rings. The van der Waals surface area contributed by atoms with Gasteiger partial charge in [-0.3, -0.25) is 9.69 Å². The first-order chi connectivity index (χ1) is 19.5. The van der Waals surface area contributed by atoms with Crippen LogP contribution in [0.2, 0.25) is 10.0 Å². The summed E-state index contributed by atoms with van der Waals surface area (Å²) in [6, 6.07) is 14.1. The second-order valence-corrected chi connectivity index (χ2v) is 10.1. The second-order valence-electron chi connectivity index (χ2n) is 9.23. The summed E-state index contributed by atoms with van der Waals surface area (Å²) in [5, 5.41) is 0.602. The van der Waals surface area contributed by atoms with E-state index in [0.717, 1.165) is 12.8 Å². The molecule has 0 bridgehead atoms. The number of halogens is 5. The summed E-state index contributed by atoms with van der Waals surface area (Å²) in [5.41, 5.74) is -1.05. The van der Waals surface area contributed by atoms with Gasteiger partial charge in [0.1, 0.15) is 17.1 Å². The Morgan fingerprint density at radius 1 is 0.902 bits per heavy atom. The number of carbonyl (C=O) groups is 1. The number of alkyl halides is 3. The highest BCUT2D eigenvalue weighted by Gasteiger charge is 2.41. The Bertz CT molecular complexity index is 1580. The summed E-state index contributed by atoms with van der Waals surface area (Å²) in [5.74, 6) is -3.43. The predicted molar refractivity (Wildman–Crippen MR) is 151 cm³/mol. The van der Waals surface area contributed by atoms with Gasteiger partial charge in [0, 0.05) is 16.6 Å². The number of benzene rings is 3. The topological polar surface area (TPSA) is 69.0 Å². The van der Waals surface area contributed by atoms with E-state index in [0.29, 0.717) is 23.1 Å².